The zero-order chi connectivity index (χ0) is 12.4. The number of benzene rings is 1. The van der Waals surface area contributed by atoms with E-state index in [4.69, 9.17) is 4.74 Å². The van der Waals surface area contributed by atoms with Crippen molar-refractivity contribution in [3.8, 4) is 0 Å². The molecule has 2 fully saturated rings. The first-order valence-electron chi connectivity index (χ1n) is 7.31. The highest BCUT2D eigenvalue weighted by molar-refractivity contribution is 5.21. The van der Waals surface area contributed by atoms with Crippen LogP contribution >= 0.6 is 0 Å². The summed E-state index contributed by atoms with van der Waals surface area (Å²) < 4.78 is 6.26. The Kier molecular flexibility index (Phi) is 3.40. The van der Waals surface area contributed by atoms with E-state index in [1.54, 1.807) is 0 Å². The van der Waals surface area contributed by atoms with Crippen LogP contribution in [0.3, 0.4) is 0 Å². The largest absolute Gasteiger partial charge is 0.358 e. The van der Waals surface area contributed by atoms with E-state index in [9.17, 15) is 0 Å². The molecule has 0 aliphatic carbocycles. The predicted molar refractivity (Wildman–Crippen MR) is 73.3 cm³/mol. The second-order valence-corrected chi connectivity index (χ2v) is 5.58. The monoisotopic (exact) mass is 245 g/mol. The lowest BCUT2D eigenvalue weighted by molar-refractivity contribution is -0.0684. The Balaban J connectivity index is 1.80. The van der Waals surface area contributed by atoms with Gasteiger partial charge in [0.1, 0.15) is 5.72 Å². The van der Waals surface area contributed by atoms with Gasteiger partial charge in [-0.25, -0.2) is 0 Å². The Morgan fingerprint density at radius 2 is 2.17 bits per heavy atom. The molecule has 0 bridgehead atoms. The van der Waals surface area contributed by atoms with Gasteiger partial charge in [-0.1, -0.05) is 43.7 Å². The van der Waals surface area contributed by atoms with Gasteiger partial charge < -0.3 is 4.74 Å². The molecule has 0 N–H and O–H groups in total. The van der Waals surface area contributed by atoms with E-state index in [0.29, 0.717) is 6.04 Å². The Morgan fingerprint density at radius 3 is 2.94 bits per heavy atom. The van der Waals surface area contributed by atoms with E-state index in [0.717, 1.165) is 6.61 Å². The fourth-order valence-corrected chi connectivity index (χ4v) is 3.54. The lowest BCUT2D eigenvalue weighted by Gasteiger charge is -2.33. The van der Waals surface area contributed by atoms with Crippen LogP contribution in [-0.2, 0) is 4.74 Å². The highest BCUT2D eigenvalue weighted by Crippen LogP contribution is 2.46. The zero-order valence-electron chi connectivity index (χ0n) is 11.3. The summed E-state index contributed by atoms with van der Waals surface area (Å²) in [5.41, 5.74) is 1.48. The number of nitrogens with zero attached hydrogens (tertiary/aromatic N) is 1. The van der Waals surface area contributed by atoms with Crippen LogP contribution in [0.1, 0.15) is 50.6 Å². The molecule has 0 aromatic heterocycles. The van der Waals surface area contributed by atoms with Crippen molar-refractivity contribution in [2.24, 2.45) is 0 Å². The fourth-order valence-electron chi connectivity index (χ4n) is 3.54. The van der Waals surface area contributed by atoms with Crippen LogP contribution in [0.25, 0.3) is 0 Å². The third-order valence-corrected chi connectivity index (χ3v) is 4.48. The number of hydrogen-bond donors (Lipinski definition) is 0. The van der Waals surface area contributed by atoms with Gasteiger partial charge in [0.05, 0.1) is 12.6 Å². The van der Waals surface area contributed by atoms with Crippen molar-refractivity contribution < 1.29 is 4.74 Å². The number of unbranched alkanes of at least 4 members (excludes halogenated alkanes) is 1. The van der Waals surface area contributed by atoms with Crippen molar-refractivity contribution in [3.05, 3.63) is 35.9 Å². The molecule has 2 saturated heterocycles. The highest BCUT2D eigenvalue weighted by atomic mass is 16.5. The predicted octanol–water partition coefficient (Wildman–Crippen LogP) is 3.74. The molecule has 0 radical (unpaired) electrons. The molecular formula is C16H23NO. The van der Waals surface area contributed by atoms with Crippen LogP contribution in [0.15, 0.2) is 30.3 Å². The lowest BCUT2D eigenvalue weighted by atomic mass is 10.0. The summed E-state index contributed by atoms with van der Waals surface area (Å²) in [5.74, 6) is 0. The van der Waals surface area contributed by atoms with E-state index >= 15 is 0 Å². The van der Waals surface area contributed by atoms with Crippen LogP contribution in [0.4, 0.5) is 0 Å². The summed E-state index contributed by atoms with van der Waals surface area (Å²) in [4.78, 5) is 2.62. The van der Waals surface area contributed by atoms with Crippen LogP contribution < -0.4 is 0 Å². The normalized spacial score (nSPS) is 31.7. The molecule has 2 heterocycles. The van der Waals surface area contributed by atoms with E-state index in [1.165, 1.54) is 44.2 Å². The van der Waals surface area contributed by atoms with Gasteiger partial charge in [-0.3, -0.25) is 4.90 Å². The van der Waals surface area contributed by atoms with Crippen molar-refractivity contribution in [1.29, 1.82) is 0 Å². The van der Waals surface area contributed by atoms with E-state index in [-0.39, 0.29) is 5.72 Å². The number of ether oxygens (including phenoxy) is 1. The standard InChI is InChI=1S/C16H23NO/c1-2-3-10-16-11-7-12-17(16)15(13-18-16)14-8-5-4-6-9-14/h4-6,8-9,15H,2-3,7,10-13H2,1H3/t15-,16-/m0/s1. The maximum absolute atomic E-state index is 6.26. The number of rotatable bonds is 4. The van der Waals surface area contributed by atoms with E-state index in [2.05, 4.69) is 42.2 Å². The smallest absolute Gasteiger partial charge is 0.122 e. The Bertz CT molecular complexity index is 391. The maximum Gasteiger partial charge on any atom is 0.122 e. The van der Waals surface area contributed by atoms with Crippen LogP contribution in [0.5, 0.6) is 0 Å². The summed E-state index contributed by atoms with van der Waals surface area (Å²) in [6.07, 6.45) is 6.24. The van der Waals surface area contributed by atoms with Crippen LogP contribution in [-0.4, -0.2) is 23.8 Å². The molecule has 2 aliphatic rings. The summed E-state index contributed by atoms with van der Waals surface area (Å²) in [7, 11) is 0. The third-order valence-electron chi connectivity index (χ3n) is 4.48. The topological polar surface area (TPSA) is 12.5 Å². The fraction of sp³-hybridized carbons (Fsp3) is 0.625. The third kappa shape index (κ3) is 1.98. The van der Waals surface area contributed by atoms with E-state index < -0.39 is 0 Å². The molecule has 98 valence electrons. The summed E-state index contributed by atoms with van der Waals surface area (Å²) in [6, 6.07) is 11.3. The van der Waals surface area contributed by atoms with Crippen molar-refractivity contribution in [3.63, 3.8) is 0 Å². The van der Waals surface area contributed by atoms with Gasteiger partial charge in [-0.15, -0.1) is 0 Å². The van der Waals surface area contributed by atoms with Crippen molar-refractivity contribution >= 4 is 0 Å². The van der Waals surface area contributed by atoms with E-state index in [1.807, 2.05) is 0 Å². The van der Waals surface area contributed by atoms with Crippen LogP contribution in [0.2, 0.25) is 0 Å². The van der Waals surface area contributed by atoms with Crippen molar-refractivity contribution in [2.75, 3.05) is 13.2 Å². The minimum atomic E-state index is 0.0660. The molecule has 18 heavy (non-hydrogen) atoms. The number of fused-ring (bicyclic) bond motifs is 1. The number of hydrogen-bond acceptors (Lipinski definition) is 2. The molecule has 2 nitrogen and oxygen atoms in total. The molecule has 3 rings (SSSR count). The average Bonchev–Trinajstić information content (AvgIpc) is 2.96. The Morgan fingerprint density at radius 1 is 1.33 bits per heavy atom. The molecular weight excluding hydrogens is 222 g/mol. The van der Waals surface area contributed by atoms with Gasteiger partial charge in [0.15, 0.2) is 0 Å². The first-order chi connectivity index (χ1) is 8.86. The maximum atomic E-state index is 6.26. The van der Waals surface area contributed by atoms with Gasteiger partial charge in [0.25, 0.3) is 0 Å². The first-order valence-corrected chi connectivity index (χ1v) is 7.31. The SMILES string of the molecule is CCCC[C@]12CCCN1[C@H](c1ccccc1)CO2. The molecule has 2 atom stereocenters. The second kappa shape index (κ2) is 5.02. The summed E-state index contributed by atoms with van der Waals surface area (Å²) >= 11 is 0. The molecule has 1 aromatic rings. The molecule has 1 aromatic carbocycles. The van der Waals surface area contributed by atoms with Gasteiger partial charge >= 0.3 is 0 Å². The molecule has 0 unspecified atom stereocenters. The van der Waals surface area contributed by atoms with Gasteiger partial charge in [0, 0.05) is 6.54 Å². The van der Waals surface area contributed by atoms with Gasteiger partial charge in [-0.05, 0) is 31.2 Å². The Hall–Kier alpha value is -0.860. The second-order valence-electron chi connectivity index (χ2n) is 5.58. The highest BCUT2D eigenvalue weighted by Gasteiger charge is 2.50. The average molecular weight is 245 g/mol. The van der Waals surface area contributed by atoms with Gasteiger partial charge in [0.2, 0.25) is 0 Å². The minimum absolute atomic E-state index is 0.0660. The lowest BCUT2D eigenvalue weighted by Crippen LogP contribution is -2.40. The quantitative estimate of drug-likeness (QED) is 0.801. The molecule has 2 aliphatic heterocycles. The van der Waals surface area contributed by atoms with Crippen molar-refractivity contribution in [2.45, 2.75) is 50.8 Å². The summed E-state index contributed by atoms with van der Waals surface area (Å²) in [6.45, 7) is 4.33. The molecule has 2 heteroatoms. The van der Waals surface area contributed by atoms with Crippen LogP contribution in [0, 0.1) is 0 Å². The van der Waals surface area contributed by atoms with Crippen molar-refractivity contribution in [1.82, 2.24) is 4.90 Å². The first kappa shape index (κ1) is 12.2. The minimum Gasteiger partial charge on any atom is -0.358 e. The summed E-state index contributed by atoms with van der Waals surface area (Å²) in [5, 5.41) is 0. The zero-order valence-corrected chi connectivity index (χ0v) is 11.3. The Labute approximate surface area is 110 Å². The van der Waals surface area contributed by atoms with Gasteiger partial charge in [-0.2, -0.15) is 0 Å². The molecule has 0 amide bonds. The molecule has 0 spiro atoms. The molecule has 0 saturated carbocycles.